The van der Waals surface area contributed by atoms with Crippen LogP contribution in [0.4, 0.5) is 0 Å². The Morgan fingerprint density at radius 1 is 0.886 bits per heavy atom. The second kappa shape index (κ2) is 12.6. The number of likely N-dealkylation sites (tertiary alicyclic amines) is 1. The van der Waals surface area contributed by atoms with Crippen LogP contribution in [-0.4, -0.2) is 53.4 Å². The summed E-state index contributed by atoms with van der Waals surface area (Å²) in [5.41, 5.74) is 3.28. The van der Waals surface area contributed by atoms with Gasteiger partial charge in [0.25, 0.3) is 0 Å². The molecule has 0 unspecified atom stereocenters. The highest BCUT2D eigenvalue weighted by molar-refractivity contribution is 5.68. The molecule has 1 fully saturated rings. The molecule has 3 atom stereocenters. The van der Waals surface area contributed by atoms with E-state index in [-0.39, 0.29) is 24.4 Å². The highest BCUT2D eigenvalue weighted by Crippen LogP contribution is 2.29. The summed E-state index contributed by atoms with van der Waals surface area (Å²) in [6.45, 7) is 2.63. The monoisotopic (exact) mass is 473 g/mol. The van der Waals surface area contributed by atoms with E-state index in [4.69, 9.17) is 4.74 Å². The van der Waals surface area contributed by atoms with Gasteiger partial charge in [0.05, 0.1) is 12.5 Å². The molecular weight excluding hydrogens is 438 g/mol. The summed E-state index contributed by atoms with van der Waals surface area (Å²) < 4.78 is 6.37. The number of carbonyl (C=O) groups is 1. The van der Waals surface area contributed by atoms with E-state index in [1.165, 1.54) is 0 Å². The molecule has 0 amide bonds. The minimum atomic E-state index is -0.794. The molecule has 0 spiro atoms. The summed E-state index contributed by atoms with van der Waals surface area (Å²) >= 11 is 0. The summed E-state index contributed by atoms with van der Waals surface area (Å²) in [6.07, 6.45) is 1.19. The van der Waals surface area contributed by atoms with Crippen molar-refractivity contribution in [2.45, 2.75) is 37.4 Å². The second-order valence-electron chi connectivity index (χ2n) is 9.44. The number of carboxylic acids is 1. The van der Waals surface area contributed by atoms with Gasteiger partial charge in [-0.25, -0.2) is 0 Å². The lowest BCUT2D eigenvalue weighted by atomic mass is 9.89. The Morgan fingerprint density at radius 2 is 1.43 bits per heavy atom. The lowest BCUT2D eigenvalue weighted by Crippen LogP contribution is -2.45. The fraction of sp³-hybridized carbons (Fsp3) is 0.367. The van der Waals surface area contributed by atoms with Gasteiger partial charge >= 0.3 is 5.97 Å². The molecule has 0 bridgehead atoms. The van der Waals surface area contributed by atoms with Crippen LogP contribution in [0.5, 0.6) is 0 Å². The van der Waals surface area contributed by atoms with Gasteiger partial charge in [0, 0.05) is 25.6 Å². The van der Waals surface area contributed by atoms with Crippen LogP contribution in [0.3, 0.4) is 0 Å². The minimum absolute atomic E-state index is 0.0849. The average Bonchev–Trinajstić information content (AvgIpc) is 2.88. The molecule has 1 aliphatic rings. The second-order valence-corrected chi connectivity index (χ2v) is 9.44. The zero-order valence-electron chi connectivity index (χ0n) is 20.1. The molecular formula is C30H35NO4. The number of benzene rings is 3. The van der Waals surface area contributed by atoms with Crippen molar-refractivity contribution in [2.75, 3.05) is 26.2 Å². The van der Waals surface area contributed by atoms with E-state index in [0.29, 0.717) is 19.7 Å². The van der Waals surface area contributed by atoms with E-state index in [1.807, 2.05) is 66.7 Å². The number of nitrogens with zero attached hydrogens (tertiary/aromatic N) is 1. The molecule has 184 valence electrons. The maximum absolute atomic E-state index is 11.4. The van der Waals surface area contributed by atoms with Gasteiger partial charge in [-0.3, -0.25) is 4.79 Å². The molecule has 1 saturated heterocycles. The Labute approximate surface area is 208 Å². The molecule has 3 aromatic rings. The number of rotatable bonds is 11. The van der Waals surface area contributed by atoms with Crippen molar-refractivity contribution < 1.29 is 19.7 Å². The third kappa shape index (κ3) is 7.25. The molecule has 2 N–H and O–H groups in total. The Balaban J connectivity index is 1.31. The van der Waals surface area contributed by atoms with Crippen molar-refractivity contribution in [3.05, 3.63) is 108 Å². The zero-order chi connectivity index (χ0) is 24.5. The fourth-order valence-corrected chi connectivity index (χ4v) is 5.06. The molecule has 0 saturated carbocycles. The number of carboxylic acid groups (broad SMARTS) is 1. The lowest BCUT2D eigenvalue weighted by Gasteiger charge is -2.37. The molecule has 3 aromatic carbocycles. The number of aliphatic hydroxyl groups is 1. The number of piperidine rings is 1. The lowest BCUT2D eigenvalue weighted by molar-refractivity contribution is -0.137. The van der Waals surface area contributed by atoms with E-state index in [1.54, 1.807) is 0 Å². The van der Waals surface area contributed by atoms with Gasteiger partial charge in [-0.2, -0.15) is 0 Å². The molecule has 5 heteroatoms. The third-order valence-electron chi connectivity index (χ3n) is 6.95. The van der Waals surface area contributed by atoms with Crippen LogP contribution in [0.25, 0.3) is 0 Å². The zero-order valence-corrected chi connectivity index (χ0v) is 20.1. The Kier molecular flexibility index (Phi) is 9.07. The van der Waals surface area contributed by atoms with Gasteiger partial charge in [-0.1, -0.05) is 91.0 Å². The molecule has 4 rings (SSSR count). The third-order valence-corrected chi connectivity index (χ3v) is 6.95. The van der Waals surface area contributed by atoms with Crippen LogP contribution < -0.4 is 0 Å². The first-order valence-corrected chi connectivity index (χ1v) is 12.5. The summed E-state index contributed by atoms with van der Waals surface area (Å²) in [5.74, 6) is -0.704. The standard InChI is InChI=1S/C30H35NO4/c32-28-22-31(21-27(20-29(33)34)23-10-4-1-5-11-23)18-16-24(28)17-19-35-30(25-12-6-2-7-13-25)26-14-8-3-9-15-26/h1-15,24,27-28,30,32H,16-22H2,(H,33,34)/t24-,27-,28+/m0/s1. The van der Waals surface area contributed by atoms with Gasteiger partial charge < -0.3 is 19.8 Å². The highest BCUT2D eigenvalue weighted by Gasteiger charge is 2.30. The first-order chi connectivity index (χ1) is 17.1. The Hall–Kier alpha value is -2.99. The van der Waals surface area contributed by atoms with Crippen molar-refractivity contribution in [1.29, 1.82) is 0 Å². The average molecular weight is 474 g/mol. The molecule has 35 heavy (non-hydrogen) atoms. The van der Waals surface area contributed by atoms with Gasteiger partial charge in [-0.15, -0.1) is 0 Å². The molecule has 5 nitrogen and oxygen atoms in total. The van der Waals surface area contributed by atoms with Crippen LogP contribution in [0.1, 0.15) is 48.0 Å². The molecule has 0 aromatic heterocycles. The molecule has 1 heterocycles. The van der Waals surface area contributed by atoms with E-state index in [2.05, 4.69) is 29.2 Å². The topological polar surface area (TPSA) is 70.0 Å². The number of β-amino-alcohol motifs (C(OH)–C–C–N with tert-alkyl or cyclic N) is 1. The van der Waals surface area contributed by atoms with Gasteiger partial charge in [0.15, 0.2) is 0 Å². The normalized spacial score (nSPS) is 19.5. The maximum atomic E-state index is 11.4. The van der Waals surface area contributed by atoms with Gasteiger partial charge in [0.1, 0.15) is 6.10 Å². The van der Waals surface area contributed by atoms with Gasteiger partial charge in [0.2, 0.25) is 0 Å². The smallest absolute Gasteiger partial charge is 0.304 e. The predicted octanol–water partition coefficient (Wildman–Crippen LogP) is 5.12. The summed E-state index contributed by atoms with van der Waals surface area (Å²) in [4.78, 5) is 13.6. The van der Waals surface area contributed by atoms with Crippen molar-refractivity contribution in [1.82, 2.24) is 4.90 Å². The Bertz CT molecular complexity index is 988. The van der Waals surface area contributed by atoms with Crippen LogP contribution in [0.2, 0.25) is 0 Å². The summed E-state index contributed by atoms with van der Waals surface area (Å²) in [7, 11) is 0. The predicted molar refractivity (Wildman–Crippen MR) is 137 cm³/mol. The largest absolute Gasteiger partial charge is 0.481 e. The van der Waals surface area contributed by atoms with Crippen LogP contribution >= 0.6 is 0 Å². The van der Waals surface area contributed by atoms with E-state index in [9.17, 15) is 15.0 Å². The minimum Gasteiger partial charge on any atom is -0.481 e. The molecule has 0 aliphatic carbocycles. The first-order valence-electron chi connectivity index (χ1n) is 12.5. The van der Waals surface area contributed by atoms with Crippen molar-refractivity contribution in [3.8, 4) is 0 Å². The van der Waals surface area contributed by atoms with Crippen LogP contribution in [0, 0.1) is 5.92 Å². The number of hydrogen-bond donors (Lipinski definition) is 2. The molecule has 1 aliphatic heterocycles. The summed E-state index contributed by atoms with van der Waals surface area (Å²) in [6, 6.07) is 30.3. The fourth-order valence-electron chi connectivity index (χ4n) is 5.06. The maximum Gasteiger partial charge on any atom is 0.304 e. The first kappa shape index (κ1) is 25.1. The van der Waals surface area contributed by atoms with Gasteiger partial charge in [-0.05, 0) is 42.0 Å². The number of aliphatic hydroxyl groups excluding tert-OH is 1. The van der Waals surface area contributed by atoms with Crippen LogP contribution in [-0.2, 0) is 9.53 Å². The van der Waals surface area contributed by atoms with E-state index in [0.717, 1.165) is 36.1 Å². The van der Waals surface area contributed by atoms with E-state index >= 15 is 0 Å². The van der Waals surface area contributed by atoms with Crippen molar-refractivity contribution >= 4 is 5.97 Å². The van der Waals surface area contributed by atoms with E-state index < -0.39 is 12.1 Å². The highest BCUT2D eigenvalue weighted by atomic mass is 16.5. The van der Waals surface area contributed by atoms with Crippen molar-refractivity contribution in [2.24, 2.45) is 5.92 Å². The number of hydrogen-bond acceptors (Lipinski definition) is 4. The SMILES string of the molecule is O=C(O)C[C@@H](CN1CC[C@@H](CCOC(c2ccccc2)c2ccccc2)[C@H](O)C1)c1ccccc1. The number of aliphatic carboxylic acids is 1. The molecule has 0 radical (unpaired) electrons. The summed E-state index contributed by atoms with van der Waals surface area (Å²) in [5, 5.41) is 20.3. The Morgan fingerprint density at radius 3 is 1.94 bits per heavy atom. The number of ether oxygens (including phenoxy) is 1. The quantitative estimate of drug-likeness (QED) is 0.404. The van der Waals surface area contributed by atoms with Crippen molar-refractivity contribution in [3.63, 3.8) is 0 Å². The van der Waals surface area contributed by atoms with Crippen LogP contribution in [0.15, 0.2) is 91.0 Å².